The van der Waals surface area contributed by atoms with E-state index in [0.717, 1.165) is 31.9 Å². The van der Waals surface area contributed by atoms with Gasteiger partial charge in [0.2, 0.25) is 0 Å². The molecule has 7 nitrogen and oxygen atoms in total. The number of aromatic nitrogens is 1. The molecule has 5 rings (SSSR count). The number of hydrogen-bond donors (Lipinski definition) is 0. The molecular formula is C25H31FN6OS. The standard InChI is InChI=1S/C25H31FN6OS/c1-25(18-27)6-10-29(11-7-25)23-20-16-19(26)4-5-22(20)28-17-21(23)24(33)30-12-14-32(15-13-30)34-31-8-2-3-9-31/h4-5,16-17H,2-3,6-15H2,1H3. The Hall–Kier alpha value is -2.41. The molecule has 1 amide bonds. The molecule has 0 aliphatic carbocycles. The van der Waals surface area contributed by atoms with Crippen LogP contribution in [0.2, 0.25) is 0 Å². The van der Waals surface area contributed by atoms with Crippen molar-refractivity contribution in [2.45, 2.75) is 32.6 Å². The molecule has 0 spiro atoms. The van der Waals surface area contributed by atoms with E-state index in [9.17, 15) is 14.4 Å². The van der Waals surface area contributed by atoms with Crippen LogP contribution in [-0.4, -0.2) is 76.8 Å². The Bertz CT molecular complexity index is 1100. The van der Waals surface area contributed by atoms with Crippen molar-refractivity contribution in [3.8, 4) is 6.07 Å². The molecule has 3 aliphatic heterocycles. The molecule has 9 heteroatoms. The highest BCUT2D eigenvalue weighted by Crippen LogP contribution is 2.37. The zero-order valence-electron chi connectivity index (χ0n) is 19.7. The van der Waals surface area contributed by atoms with Gasteiger partial charge in [0.1, 0.15) is 5.82 Å². The van der Waals surface area contributed by atoms with Crippen LogP contribution in [0.5, 0.6) is 0 Å². The van der Waals surface area contributed by atoms with Gasteiger partial charge in [-0.1, -0.05) is 0 Å². The maximum absolute atomic E-state index is 14.3. The Kier molecular flexibility index (Phi) is 6.65. The molecular weight excluding hydrogens is 451 g/mol. The van der Waals surface area contributed by atoms with Crippen molar-refractivity contribution in [1.29, 1.82) is 5.26 Å². The second kappa shape index (κ2) is 9.68. The SMILES string of the molecule is CC1(C#N)CCN(c2c(C(=O)N3CCN(SN4CCCC4)CC3)cnc3ccc(F)cc23)CC1. The van der Waals surface area contributed by atoms with Crippen LogP contribution >= 0.6 is 12.1 Å². The first-order valence-corrected chi connectivity index (χ1v) is 12.9. The molecule has 4 heterocycles. The number of pyridine rings is 1. The molecule has 0 saturated carbocycles. The average Bonchev–Trinajstić information content (AvgIpc) is 3.37. The summed E-state index contributed by atoms with van der Waals surface area (Å²) in [5.74, 6) is -0.389. The maximum Gasteiger partial charge on any atom is 0.257 e. The molecule has 0 radical (unpaired) electrons. The predicted octanol–water partition coefficient (Wildman–Crippen LogP) is 3.92. The lowest BCUT2D eigenvalue weighted by molar-refractivity contribution is 0.0702. The fraction of sp³-hybridized carbons (Fsp3) is 0.560. The van der Waals surface area contributed by atoms with Crippen molar-refractivity contribution in [2.75, 3.05) is 57.3 Å². The van der Waals surface area contributed by atoms with Crippen LogP contribution in [0.3, 0.4) is 0 Å². The molecule has 0 N–H and O–H groups in total. The number of amides is 1. The van der Waals surface area contributed by atoms with E-state index in [0.29, 0.717) is 55.5 Å². The number of rotatable bonds is 4. The van der Waals surface area contributed by atoms with Crippen LogP contribution in [-0.2, 0) is 0 Å². The van der Waals surface area contributed by atoms with Crippen LogP contribution in [0, 0.1) is 22.6 Å². The lowest BCUT2D eigenvalue weighted by Gasteiger charge is -2.39. The first kappa shape index (κ1) is 23.3. The third kappa shape index (κ3) is 4.72. The molecule has 0 bridgehead atoms. The zero-order valence-corrected chi connectivity index (χ0v) is 20.5. The van der Waals surface area contributed by atoms with Gasteiger partial charge in [-0.15, -0.1) is 0 Å². The van der Waals surface area contributed by atoms with Crippen LogP contribution < -0.4 is 4.90 Å². The molecule has 2 aromatic rings. The Labute approximate surface area is 204 Å². The molecule has 0 unspecified atom stereocenters. The van der Waals surface area contributed by atoms with Gasteiger partial charge in [0, 0.05) is 76.1 Å². The van der Waals surface area contributed by atoms with Crippen molar-refractivity contribution < 1.29 is 9.18 Å². The van der Waals surface area contributed by atoms with Crippen LogP contribution in [0.25, 0.3) is 10.9 Å². The molecule has 1 aromatic heterocycles. The fourth-order valence-corrected chi connectivity index (χ4v) is 6.13. The molecule has 34 heavy (non-hydrogen) atoms. The van der Waals surface area contributed by atoms with Crippen molar-refractivity contribution in [2.24, 2.45) is 5.41 Å². The van der Waals surface area contributed by atoms with E-state index in [4.69, 9.17) is 0 Å². The van der Waals surface area contributed by atoms with E-state index < -0.39 is 0 Å². The third-order valence-electron chi connectivity index (χ3n) is 7.31. The number of nitriles is 1. The van der Waals surface area contributed by atoms with Crippen molar-refractivity contribution in [1.82, 2.24) is 18.5 Å². The highest BCUT2D eigenvalue weighted by molar-refractivity contribution is 7.94. The summed E-state index contributed by atoms with van der Waals surface area (Å²) in [5, 5.41) is 10.2. The van der Waals surface area contributed by atoms with E-state index in [1.54, 1.807) is 12.3 Å². The Morgan fingerprint density at radius 1 is 1.06 bits per heavy atom. The number of piperazine rings is 1. The summed E-state index contributed by atoms with van der Waals surface area (Å²) in [5.41, 5.74) is 1.59. The molecule has 3 saturated heterocycles. The number of carbonyl (C=O) groups is 1. The predicted molar refractivity (Wildman–Crippen MR) is 133 cm³/mol. The number of fused-ring (bicyclic) bond motifs is 1. The summed E-state index contributed by atoms with van der Waals surface area (Å²) >= 11 is 1.81. The van der Waals surface area contributed by atoms with Crippen LogP contribution in [0.15, 0.2) is 24.4 Å². The Morgan fingerprint density at radius 3 is 2.41 bits per heavy atom. The Balaban J connectivity index is 1.39. The molecule has 1 aromatic carbocycles. The monoisotopic (exact) mass is 482 g/mol. The second-order valence-electron chi connectivity index (χ2n) is 9.78. The topological polar surface area (TPSA) is 66.7 Å². The molecule has 3 fully saturated rings. The van der Waals surface area contributed by atoms with Gasteiger partial charge in [0.15, 0.2) is 0 Å². The number of carbonyl (C=O) groups excluding carboxylic acids is 1. The molecule has 180 valence electrons. The minimum absolute atomic E-state index is 0.0481. The van der Waals surface area contributed by atoms with Crippen molar-refractivity contribution in [3.05, 3.63) is 35.8 Å². The van der Waals surface area contributed by atoms with Crippen molar-refractivity contribution >= 4 is 34.6 Å². The Morgan fingerprint density at radius 2 is 1.74 bits per heavy atom. The van der Waals surface area contributed by atoms with E-state index >= 15 is 0 Å². The minimum atomic E-state index is -0.363. The first-order chi connectivity index (χ1) is 16.5. The van der Waals surface area contributed by atoms with Gasteiger partial charge >= 0.3 is 0 Å². The van der Waals surface area contributed by atoms with Gasteiger partial charge in [-0.05, 0) is 50.8 Å². The smallest absolute Gasteiger partial charge is 0.257 e. The van der Waals surface area contributed by atoms with E-state index in [-0.39, 0.29) is 17.1 Å². The van der Waals surface area contributed by atoms with E-state index in [2.05, 4.69) is 24.6 Å². The lowest BCUT2D eigenvalue weighted by atomic mass is 9.81. The number of piperidine rings is 1. The fourth-order valence-electron chi connectivity index (χ4n) is 5.06. The average molecular weight is 483 g/mol. The third-order valence-corrected chi connectivity index (χ3v) is 8.50. The molecule has 3 aliphatic rings. The summed E-state index contributed by atoms with van der Waals surface area (Å²) < 4.78 is 19.0. The van der Waals surface area contributed by atoms with Gasteiger partial charge < -0.3 is 9.80 Å². The van der Waals surface area contributed by atoms with E-state index in [1.165, 1.54) is 25.0 Å². The number of anilines is 1. The van der Waals surface area contributed by atoms with Gasteiger partial charge in [0.05, 0.1) is 28.3 Å². The lowest BCUT2D eigenvalue weighted by Crippen LogP contribution is -2.47. The van der Waals surface area contributed by atoms with Crippen molar-refractivity contribution in [3.63, 3.8) is 0 Å². The van der Waals surface area contributed by atoms with Gasteiger partial charge in [-0.3, -0.25) is 9.78 Å². The quantitative estimate of drug-likeness (QED) is 0.612. The van der Waals surface area contributed by atoms with E-state index in [1.807, 2.05) is 24.0 Å². The maximum atomic E-state index is 14.3. The van der Waals surface area contributed by atoms with Gasteiger partial charge in [0.25, 0.3) is 5.91 Å². The normalized spacial score (nSPS) is 21.7. The number of halogens is 1. The summed E-state index contributed by atoms with van der Waals surface area (Å²) in [6, 6.07) is 6.99. The second-order valence-corrected chi connectivity index (χ2v) is 11.0. The summed E-state index contributed by atoms with van der Waals surface area (Å²) in [6.45, 7) is 8.52. The van der Waals surface area contributed by atoms with Crippen LogP contribution in [0.1, 0.15) is 43.0 Å². The highest BCUT2D eigenvalue weighted by Gasteiger charge is 2.34. The summed E-state index contributed by atoms with van der Waals surface area (Å²) in [6.07, 6.45) is 5.59. The number of benzene rings is 1. The number of nitrogens with zero attached hydrogens (tertiary/aromatic N) is 6. The molecule has 0 atom stereocenters. The highest BCUT2D eigenvalue weighted by atomic mass is 32.2. The van der Waals surface area contributed by atoms with Gasteiger partial charge in [-0.25, -0.2) is 13.0 Å². The van der Waals surface area contributed by atoms with Crippen LogP contribution in [0.4, 0.5) is 10.1 Å². The summed E-state index contributed by atoms with van der Waals surface area (Å²) in [4.78, 5) is 22.3. The minimum Gasteiger partial charge on any atom is -0.370 e. The zero-order chi connectivity index (χ0) is 23.7. The number of hydrogen-bond acceptors (Lipinski definition) is 7. The summed E-state index contributed by atoms with van der Waals surface area (Å²) in [7, 11) is 0. The van der Waals surface area contributed by atoms with Gasteiger partial charge in [-0.2, -0.15) is 5.26 Å². The largest absolute Gasteiger partial charge is 0.370 e. The first-order valence-electron chi connectivity index (χ1n) is 12.2.